The highest BCUT2D eigenvalue weighted by Gasteiger charge is 2.37. The van der Waals surface area contributed by atoms with Gasteiger partial charge < -0.3 is 19.7 Å². The molecule has 0 fully saturated rings. The summed E-state index contributed by atoms with van der Waals surface area (Å²) in [5, 5.41) is 2.38. The molecule has 2 aromatic rings. The van der Waals surface area contributed by atoms with Crippen LogP contribution in [0, 0.1) is 17.5 Å². The monoisotopic (exact) mass is 656 g/mol. The molecule has 10 heteroatoms. The molecular weight excluding hydrogens is 613 g/mol. The maximum atomic E-state index is 14.8. The molecule has 1 unspecified atom stereocenters. The summed E-state index contributed by atoms with van der Waals surface area (Å²) in [5.41, 5.74) is 2.70. The molecule has 0 radical (unpaired) electrons. The number of likely N-dealkylation sites (N-methyl/N-ethyl adjacent to an activating group) is 1. The van der Waals surface area contributed by atoms with Crippen LogP contribution < -0.4 is 10.1 Å². The van der Waals surface area contributed by atoms with Crippen molar-refractivity contribution < 1.29 is 32.2 Å². The van der Waals surface area contributed by atoms with E-state index in [0.717, 1.165) is 39.9 Å². The predicted molar refractivity (Wildman–Crippen MR) is 181 cm³/mol. The number of Topliss-reactive ketones (excluding diaryl/α,β-unsaturated/α-hetero) is 1. The Balaban J connectivity index is 0.00000177. The number of amides is 1. The summed E-state index contributed by atoms with van der Waals surface area (Å²) >= 11 is 1.09. The van der Waals surface area contributed by atoms with Crippen molar-refractivity contribution in [3.05, 3.63) is 117 Å². The highest BCUT2D eigenvalue weighted by atomic mass is 32.2. The fourth-order valence-electron chi connectivity index (χ4n) is 4.57. The second kappa shape index (κ2) is 18.7. The quantitative estimate of drug-likeness (QED) is 0.272. The van der Waals surface area contributed by atoms with E-state index >= 15 is 0 Å². The molecule has 248 valence electrons. The SMILES string of the molecule is CC.CC.CNC(=O)S/C(C)=C(\C)Cc1ccc(OCCOC2=C(c3ccc(F)c(F)c3)N(C)C3C=CC=CC=C3C2=O)c(F)c1. The van der Waals surface area contributed by atoms with Gasteiger partial charge in [0.1, 0.15) is 13.2 Å². The van der Waals surface area contributed by atoms with E-state index in [1.807, 2.05) is 53.7 Å². The molecule has 46 heavy (non-hydrogen) atoms. The van der Waals surface area contributed by atoms with Gasteiger partial charge in [0.25, 0.3) is 5.24 Å². The van der Waals surface area contributed by atoms with Crippen molar-refractivity contribution in [2.75, 3.05) is 27.3 Å². The molecule has 0 saturated heterocycles. The van der Waals surface area contributed by atoms with Gasteiger partial charge in [-0.15, -0.1) is 0 Å². The summed E-state index contributed by atoms with van der Waals surface area (Å²) in [6.45, 7) is 11.5. The molecule has 0 bridgehead atoms. The number of thioether (sulfide) groups is 1. The molecule has 1 heterocycles. The summed E-state index contributed by atoms with van der Waals surface area (Å²) in [6, 6.07) is 7.61. The average Bonchev–Trinajstić information content (AvgIpc) is 3.32. The van der Waals surface area contributed by atoms with Crippen LogP contribution in [0.25, 0.3) is 5.70 Å². The lowest BCUT2D eigenvalue weighted by Gasteiger charge is -2.37. The Morgan fingerprint density at radius 2 is 1.61 bits per heavy atom. The number of nitrogens with one attached hydrogen (secondary N) is 1. The first kappa shape index (κ1) is 38.0. The van der Waals surface area contributed by atoms with Gasteiger partial charge in [-0.3, -0.25) is 9.59 Å². The van der Waals surface area contributed by atoms with Crippen LogP contribution in [0.3, 0.4) is 0 Å². The molecule has 6 nitrogen and oxygen atoms in total. The minimum atomic E-state index is -1.05. The standard InChI is InChI=1S/C32H31F3N2O4S.2C2H6/c1-19(20(2)42-32(39)36-3)16-21-10-13-28(26(35)17-21)40-14-15-41-31-29(22-11-12-24(33)25(34)18-22)37(4)27-9-7-5-6-8-23(27)30(31)38;2*1-2/h5-13,17-18,27H,14-16H2,1-4H3,(H,36,39);2*1-2H3/b20-19+;;. The van der Waals surface area contributed by atoms with Gasteiger partial charge in [0.2, 0.25) is 5.78 Å². The van der Waals surface area contributed by atoms with Crippen LogP contribution in [0.15, 0.2) is 88.6 Å². The first-order valence-corrected chi connectivity index (χ1v) is 16.0. The number of allylic oxidation sites excluding steroid dienone is 7. The van der Waals surface area contributed by atoms with Gasteiger partial charge in [0, 0.05) is 25.2 Å². The zero-order valence-corrected chi connectivity index (χ0v) is 28.5. The van der Waals surface area contributed by atoms with Gasteiger partial charge in [-0.2, -0.15) is 0 Å². The number of carbonyl (C=O) groups excluding carboxylic acids is 2. The molecule has 1 N–H and O–H groups in total. The van der Waals surface area contributed by atoms with E-state index in [1.54, 1.807) is 43.3 Å². The van der Waals surface area contributed by atoms with Crippen LogP contribution in [-0.2, 0) is 16.0 Å². The van der Waals surface area contributed by atoms with Crippen molar-refractivity contribution in [2.24, 2.45) is 0 Å². The van der Waals surface area contributed by atoms with Crippen molar-refractivity contribution in [2.45, 2.75) is 54.0 Å². The molecule has 2 aliphatic rings. The van der Waals surface area contributed by atoms with Crippen molar-refractivity contribution in [1.29, 1.82) is 0 Å². The van der Waals surface area contributed by atoms with Crippen molar-refractivity contribution in [3.63, 3.8) is 0 Å². The smallest absolute Gasteiger partial charge is 0.283 e. The maximum absolute atomic E-state index is 14.8. The fourth-order valence-corrected chi connectivity index (χ4v) is 5.19. The van der Waals surface area contributed by atoms with Crippen LogP contribution in [0.4, 0.5) is 18.0 Å². The summed E-state index contributed by atoms with van der Waals surface area (Å²) in [7, 11) is 3.30. The Labute approximate surface area is 274 Å². The summed E-state index contributed by atoms with van der Waals surface area (Å²) in [4.78, 5) is 27.7. The number of ether oxygens (including phenoxy) is 2. The lowest BCUT2D eigenvalue weighted by Crippen LogP contribution is -2.40. The van der Waals surface area contributed by atoms with Gasteiger partial charge in [0.15, 0.2) is 29.0 Å². The number of halogens is 3. The van der Waals surface area contributed by atoms with Gasteiger partial charge >= 0.3 is 0 Å². The number of fused-ring (bicyclic) bond motifs is 1. The van der Waals surface area contributed by atoms with Gasteiger partial charge in [-0.25, -0.2) is 13.2 Å². The minimum absolute atomic E-state index is 0.0177. The van der Waals surface area contributed by atoms with Gasteiger partial charge in [-0.1, -0.05) is 69.7 Å². The third kappa shape index (κ3) is 9.66. The second-order valence-corrected chi connectivity index (χ2v) is 10.9. The van der Waals surface area contributed by atoms with E-state index in [9.17, 15) is 22.8 Å². The number of nitrogens with zero attached hydrogens (tertiary/aromatic N) is 1. The lowest BCUT2D eigenvalue weighted by molar-refractivity contribution is -0.116. The molecule has 4 rings (SSSR count). The molecule has 2 aromatic carbocycles. The number of benzene rings is 2. The van der Waals surface area contributed by atoms with Crippen LogP contribution >= 0.6 is 11.8 Å². The molecule has 0 saturated carbocycles. The molecule has 1 amide bonds. The van der Waals surface area contributed by atoms with Gasteiger partial charge in [0.05, 0.1) is 11.7 Å². The lowest BCUT2D eigenvalue weighted by atomic mass is 9.91. The summed E-state index contributed by atoms with van der Waals surface area (Å²) in [5.74, 6) is -3.02. The third-order valence-corrected chi connectivity index (χ3v) is 7.90. The van der Waals surface area contributed by atoms with Crippen LogP contribution in [0.5, 0.6) is 5.75 Å². The van der Waals surface area contributed by atoms with E-state index in [0.29, 0.717) is 17.7 Å². The van der Waals surface area contributed by atoms with Crippen LogP contribution in [0.1, 0.15) is 52.7 Å². The molecular formula is C36H43F3N2O4S. The Bertz CT molecular complexity index is 1550. The number of hydrogen-bond acceptors (Lipinski definition) is 6. The van der Waals surface area contributed by atoms with Crippen molar-refractivity contribution >= 4 is 28.5 Å². The highest BCUT2D eigenvalue weighted by Crippen LogP contribution is 2.36. The number of rotatable bonds is 9. The number of carbonyl (C=O) groups is 2. The van der Waals surface area contributed by atoms with E-state index in [4.69, 9.17) is 9.47 Å². The zero-order valence-electron chi connectivity index (χ0n) is 27.7. The van der Waals surface area contributed by atoms with E-state index < -0.39 is 29.3 Å². The number of ketones is 1. The maximum Gasteiger partial charge on any atom is 0.283 e. The van der Waals surface area contributed by atoms with Gasteiger partial charge in [-0.05, 0) is 72.8 Å². The average molecular weight is 657 g/mol. The van der Waals surface area contributed by atoms with E-state index in [-0.39, 0.29) is 35.5 Å². The van der Waals surface area contributed by atoms with Crippen molar-refractivity contribution in [3.8, 4) is 5.75 Å². The van der Waals surface area contributed by atoms with Crippen LogP contribution in [0.2, 0.25) is 0 Å². The topological polar surface area (TPSA) is 67.9 Å². The Hall–Kier alpha value is -4.18. The zero-order chi connectivity index (χ0) is 34.4. The molecule has 0 aromatic heterocycles. The molecule has 0 spiro atoms. The number of hydrogen-bond donors (Lipinski definition) is 1. The fraction of sp³-hybridized carbons (Fsp3) is 0.333. The summed E-state index contributed by atoms with van der Waals surface area (Å²) in [6.07, 6.45) is 9.33. The molecule has 1 aliphatic carbocycles. The molecule has 1 atom stereocenters. The Kier molecular flexibility index (Phi) is 15.5. The summed E-state index contributed by atoms with van der Waals surface area (Å²) < 4.78 is 54.2. The first-order chi connectivity index (χ1) is 22.1. The minimum Gasteiger partial charge on any atom is -0.487 e. The Morgan fingerprint density at radius 3 is 2.26 bits per heavy atom. The largest absolute Gasteiger partial charge is 0.487 e. The third-order valence-electron chi connectivity index (χ3n) is 6.86. The van der Waals surface area contributed by atoms with Crippen molar-refractivity contribution in [1.82, 2.24) is 10.2 Å². The molecule has 1 aliphatic heterocycles. The second-order valence-electron chi connectivity index (χ2n) is 9.70. The van der Waals surface area contributed by atoms with Crippen LogP contribution in [-0.4, -0.2) is 49.3 Å². The highest BCUT2D eigenvalue weighted by molar-refractivity contribution is 8.16. The Morgan fingerprint density at radius 1 is 0.913 bits per heavy atom. The normalized spacial score (nSPS) is 15.7. The van der Waals surface area contributed by atoms with E-state index in [2.05, 4.69) is 5.32 Å². The predicted octanol–water partition coefficient (Wildman–Crippen LogP) is 8.77. The first-order valence-electron chi connectivity index (χ1n) is 15.2. The van der Waals surface area contributed by atoms with E-state index in [1.165, 1.54) is 18.2 Å².